The maximum absolute atomic E-state index is 12.2. The first-order valence-electron chi connectivity index (χ1n) is 8.25. The van der Waals surface area contributed by atoms with Crippen molar-refractivity contribution in [1.29, 1.82) is 0 Å². The van der Waals surface area contributed by atoms with E-state index in [1.54, 1.807) is 0 Å². The van der Waals surface area contributed by atoms with Gasteiger partial charge in [0.15, 0.2) is 0 Å². The molecular formula is C18H26N2O2. The van der Waals surface area contributed by atoms with E-state index in [1.807, 2.05) is 4.90 Å². The van der Waals surface area contributed by atoms with Crippen LogP contribution in [0.15, 0.2) is 24.3 Å². The van der Waals surface area contributed by atoms with Gasteiger partial charge in [-0.3, -0.25) is 4.79 Å². The van der Waals surface area contributed by atoms with Gasteiger partial charge >= 0.3 is 0 Å². The second-order valence-electron chi connectivity index (χ2n) is 6.88. The Bertz CT molecular complexity index is 540. The van der Waals surface area contributed by atoms with Crippen molar-refractivity contribution in [3.63, 3.8) is 0 Å². The fraction of sp³-hybridized carbons (Fsp3) is 0.611. The molecule has 4 heteroatoms. The predicted octanol–water partition coefficient (Wildman–Crippen LogP) is 2.11. The largest absolute Gasteiger partial charge is 0.363 e. The molecule has 22 heavy (non-hydrogen) atoms. The van der Waals surface area contributed by atoms with Gasteiger partial charge in [-0.25, -0.2) is 0 Å². The van der Waals surface area contributed by atoms with Gasteiger partial charge in [0.25, 0.3) is 0 Å². The van der Waals surface area contributed by atoms with Crippen molar-refractivity contribution in [1.82, 2.24) is 10.2 Å². The number of nitrogens with one attached hydrogen (secondary N) is 1. The minimum absolute atomic E-state index is 0.0998. The first-order valence-corrected chi connectivity index (χ1v) is 8.25. The van der Waals surface area contributed by atoms with Gasteiger partial charge in [0.2, 0.25) is 5.91 Å². The highest BCUT2D eigenvalue weighted by Crippen LogP contribution is 2.31. The molecular weight excluding hydrogens is 276 g/mol. The van der Waals surface area contributed by atoms with E-state index in [2.05, 4.69) is 43.4 Å². The van der Waals surface area contributed by atoms with E-state index >= 15 is 0 Å². The Labute approximate surface area is 132 Å². The maximum atomic E-state index is 12.2. The number of benzene rings is 1. The smallest absolute Gasteiger partial charge is 0.248 e. The summed E-state index contributed by atoms with van der Waals surface area (Å²) in [7, 11) is 0. The van der Waals surface area contributed by atoms with Crippen molar-refractivity contribution in [2.75, 3.05) is 26.2 Å². The fourth-order valence-electron chi connectivity index (χ4n) is 3.63. The molecule has 0 bridgehead atoms. The molecule has 1 amide bonds. The van der Waals surface area contributed by atoms with E-state index in [-0.39, 0.29) is 18.1 Å². The van der Waals surface area contributed by atoms with Gasteiger partial charge in [-0.05, 0) is 38.8 Å². The standard InChI is InChI=1S/C18H26N2O2/c1-14-5-3-6-15(9-14)11-20-13-18(2,22-12-17(20)21)16-7-4-8-19-10-16/h3,5-6,9,16,19H,4,7-8,10-13H2,1-2H3. The van der Waals surface area contributed by atoms with E-state index in [4.69, 9.17) is 4.74 Å². The summed E-state index contributed by atoms with van der Waals surface area (Å²) in [5.41, 5.74) is 2.20. The molecule has 120 valence electrons. The number of rotatable bonds is 3. The zero-order valence-electron chi connectivity index (χ0n) is 13.6. The van der Waals surface area contributed by atoms with Crippen LogP contribution in [0.5, 0.6) is 0 Å². The van der Waals surface area contributed by atoms with Crippen LogP contribution >= 0.6 is 0 Å². The lowest BCUT2D eigenvalue weighted by molar-refractivity contribution is -0.172. The Morgan fingerprint density at radius 2 is 2.32 bits per heavy atom. The fourth-order valence-corrected chi connectivity index (χ4v) is 3.63. The van der Waals surface area contributed by atoms with Crippen LogP contribution in [0.4, 0.5) is 0 Å². The van der Waals surface area contributed by atoms with Crippen LogP contribution in [0.3, 0.4) is 0 Å². The number of nitrogens with zero attached hydrogens (tertiary/aromatic N) is 1. The summed E-state index contributed by atoms with van der Waals surface area (Å²) in [6.07, 6.45) is 2.37. The van der Waals surface area contributed by atoms with Crippen molar-refractivity contribution in [2.24, 2.45) is 5.92 Å². The van der Waals surface area contributed by atoms with Gasteiger partial charge < -0.3 is 15.0 Å². The number of ether oxygens (including phenoxy) is 1. The topological polar surface area (TPSA) is 41.6 Å². The zero-order chi connectivity index (χ0) is 15.6. The monoisotopic (exact) mass is 302 g/mol. The SMILES string of the molecule is Cc1cccc(CN2CC(C)(C3CCCNC3)OCC2=O)c1. The molecule has 0 radical (unpaired) electrons. The molecule has 0 aromatic heterocycles. The van der Waals surface area contributed by atoms with Crippen LogP contribution in [-0.4, -0.2) is 42.6 Å². The van der Waals surface area contributed by atoms with E-state index in [1.165, 1.54) is 24.0 Å². The lowest BCUT2D eigenvalue weighted by Gasteiger charge is -2.46. The molecule has 4 nitrogen and oxygen atoms in total. The Hall–Kier alpha value is -1.39. The third-order valence-corrected chi connectivity index (χ3v) is 5.00. The Morgan fingerprint density at radius 1 is 1.45 bits per heavy atom. The number of hydrogen-bond acceptors (Lipinski definition) is 3. The molecule has 1 N–H and O–H groups in total. The Morgan fingerprint density at radius 3 is 3.05 bits per heavy atom. The number of hydrogen-bond donors (Lipinski definition) is 1. The molecule has 2 unspecified atom stereocenters. The van der Waals surface area contributed by atoms with Gasteiger partial charge in [0, 0.05) is 19.0 Å². The number of aryl methyl sites for hydroxylation is 1. The van der Waals surface area contributed by atoms with Gasteiger partial charge in [0.05, 0.1) is 12.1 Å². The third-order valence-electron chi connectivity index (χ3n) is 5.00. The van der Waals surface area contributed by atoms with Gasteiger partial charge in [-0.15, -0.1) is 0 Å². The average molecular weight is 302 g/mol. The van der Waals surface area contributed by atoms with Crippen LogP contribution in [0, 0.1) is 12.8 Å². The minimum atomic E-state index is -0.231. The number of piperidine rings is 1. The van der Waals surface area contributed by atoms with Crippen molar-refractivity contribution in [3.8, 4) is 0 Å². The molecule has 0 aliphatic carbocycles. The van der Waals surface area contributed by atoms with Crippen LogP contribution < -0.4 is 5.32 Å². The molecule has 1 aromatic carbocycles. The van der Waals surface area contributed by atoms with Crippen molar-refractivity contribution >= 4 is 5.91 Å². The summed E-state index contributed by atoms with van der Waals surface area (Å²) in [5, 5.41) is 3.46. The van der Waals surface area contributed by atoms with Crippen LogP contribution in [0.2, 0.25) is 0 Å². The summed E-state index contributed by atoms with van der Waals surface area (Å²) < 4.78 is 5.98. The van der Waals surface area contributed by atoms with Gasteiger partial charge in [0.1, 0.15) is 6.61 Å². The highest BCUT2D eigenvalue weighted by atomic mass is 16.5. The zero-order valence-corrected chi connectivity index (χ0v) is 13.6. The molecule has 0 saturated carbocycles. The van der Waals surface area contributed by atoms with Gasteiger partial charge in [-0.2, -0.15) is 0 Å². The quantitative estimate of drug-likeness (QED) is 0.930. The first-order chi connectivity index (χ1) is 10.6. The van der Waals surface area contributed by atoms with Crippen LogP contribution in [0.1, 0.15) is 30.9 Å². The summed E-state index contributed by atoms with van der Waals surface area (Å²) in [4.78, 5) is 14.2. The lowest BCUT2D eigenvalue weighted by atomic mass is 9.82. The normalized spacial score (nSPS) is 29.6. The molecule has 2 saturated heterocycles. The van der Waals surface area contributed by atoms with Crippen molar-refractivity contribution < 1.29 is 9.53 Å². The minimum Gasteiger partial charge on any atom is -0.363 e. The maximum Gasteiger partial charge on any atom is 0.248 e. The average Bonchev–Trinajstić information content (AvgIpc) is 2.52. The van der Waals surface area contributed by atoms with Crippen LogP contribution in [0.25, 0.3) is 0 Å². The second kappa shape index (κ2) is 6.39. The lowest BCUT2D eigenvalue weighted by Crippen LogP contribution is -2.58. The number of amides is 1. The molecule has 3 rings (SSSR count). The van der Waals surface area contributed by atoms with Crippen molar-refractivity contribution in [3.05, 3.63) is 35.4 Å². The molecule has 0 spiro atoms. The summed E-state index contributed by atoms with van der Waals surface area (Å²) >= 11 is 0. The first kappa shape index (κ1) is 15.5. The second-order valence-corrected chi connectivity index (χ2v) is 6.88. The third kappa shape index (κ3) is 3.33. The predicted molar refractivity (Wildman–Crippen MR) is 86.5 cm³/mol. The summed E-state index contributed by atoms with van der Waals surface area (Å²) in [5.74, 6) is 0.581. The molecule has 2 aliphatic rings. The number of morpholine rings is 1. The number of carbonyl (C=O) groups is 1. The summed E-state index contributed by atoms with van der Waals surface area (Å²) in [6.45, 7) is 7.91. The highest BCUT2D eigenvalue weighted by Gasteiger charge is 2.42. The van der Waals surface area contributed by atoms with Crippen LogP contribution in [-0.2, 0) is 16.1 Å². The Balaban J connectivity index is 1.71. The Kier molecular flexibility index (Phi) is 4.50. The van der Waals surface area contributed by atoms with E-state index < -0.39 is 0 Å². The van der Waals surface area contributed by atoms with Crippen molar-refractivity contribution in [2.45, 2.75) is 38.8 Å². The molecule has 2 heterocycles. The number of carbonyl (C=O) groups excluding carboxylic acids is 1. The molecule has 1 aromatic rings. The highest BCUT2D eigenvalue weighted by molar-refractivity contribution is 5.78. The van der Waals surface area contributed by atoms with E-state index in [9.17, 15) is 4.79 Å². The van der Waals surface area contributed by atoms with E-state index in [0.717, 1.165) is 13.1 Å². The molecule has 2 atom stereocenters. The van der Waals surface area contributed by atoms with Gasteiger partial charge in [-0.1, -0.05) is 29.8 Å². The molecule has 2 fully saturated rings. The van der Waals surface area contributed by atoms with E-state index in [0.29, 0.717) is 19.0 Å². The molecule has 2 aliphatic heterocycles. The summed E-state index contributed by atoms with van der Waals surface area (Å²) in [6, 6.07) is 8.39.